The number of hydrogen-bond acceptors (Lipinski definition) is 5. The third-order valence-electron chi connectivity index (χ3n) is 5.25. The van der Waals surface area contributed by atoms with Crippen LogP contribution < -0.4 is 5.32 Å². The summed E-state index contributed by atoms with van der Waals surface area (Å²) in [6, 6.07) is 24.2. The van der Waals surface area contributed by atoms with Crippen LogP contribution in [0.25, 0.3) is 11.1 Å². The van der Waals surface area contributed by atoms with Gasteiger partial charge in [0.15, 0.2) is 0 Å². The van der Waals surface area contributed by atoms with Crippen molar-refractivity contribution in [1.82, 2.24) is 5.32 Å². The molecule has 0 saturated carbocycles. The van der Waals surface area contributed by atoms with Crippen LogP contribution >= 0.6 is 11.6 Å². The number of esters is 2. The van der Waals surface area contributed by atoms with Crippen LogP contribution in [0.2, 0.25) is 5.02 Å². The fourth-order valence-electron chi connectivity index (χ4n) is 3.54. The zero-order chi connectivity index (χ0) is 25.8. The number of carbonyl (C=O) groups excluding carboxylic acids is 3. The van der Waals surface area contributed by atoms with E-state index in [-0.39, 0.29) is 19.6 Å². The van der Waals surface area contributed by atoms with Gasteiger partial charge < -0.3 is 14.8 Å². The zero-order valence-electron chi connectivity index (χ0n) is 20.0. The van der Waals surface area contributed by atoms with Crippen molar-refractivity contribution in [1.29, 1.82) is 0 Å². The van der Waals surface area contributed by atoms with Crippen molar-refractivity contribution < 1.29 is 23.9 Å². The maximum absolute atomic E-state index is 12.5. The molecule has 1 atom stereocenters. The lowest BCUT2D eigenvalue weighted by atomic mass is 9.99. The summed E-state index contributed by atoms with van der Waals surface area (Å²) in [5, 5.41) is 3.45. The van der Waals surface area contributed by atoms with E-state index in [0.29, 0.717) is 11.4 Å². The molecule has 0 saturated heterocycles. The molecule has 0 aromatic heterocycles. The van der Waals surface area contributed by atoms with Gasteiger partial charge in [-0.15, -0.1) is 0 Å². The Labute approximate surface area is 215 Å². The van der Waals surface area contributed by atoms with E-state index in [4.69, 9.17) is 21.1 Å². The summed E-state index contributed by atoms with van der Waals surface area (Å²) in [6.07, 6.45) is 2.53. The Morgan fingerprint density at radius 2 is 1.61 bits per heavy atom. The van der Waals surface area contributed by atoms with E-state index in [2.05, 4.69) is 5.32 Å². The number of amides is 1. The van der Waals surface area contributed by atoms with Crippen LogP contribution in [0.5, 0.6) is 0 Å². The fraction of sp³-hybridized carbons (Fsp3) is 0.207. The summed E-state index contributed by atoms with van der Waals surface area (Å²) in [5.41, 5.74) is 3.80. The van der Waals surface area contributed by atoms with Gasteiger partial charge in [-0.05, 0) is 47.7 Å². The zero-order valence-corrected chi connectivity index (χ0v) is 20.7. The number of halogens is 1. The highest BCUT2D eigenvalue weighted by Gasteiger charge is 2.18. The first-order valence-corrected chi connectivity index (χ1v) is 12.0. The highest BCUT2D eigenvalue weighted by Crippen LogP contribution is 2.23. The van der Waals surface area contributed by atoms with Crippen molar-refractivity contribution in [3.63, 3.8) is 0 Å². The Hall–Kier alpha value is -3.90. The number of carbonyl (C=O) groups is 3. The number of benzene rings is 3. The summed E-state index contributed by atoms with van der Waals surface area (Å²) >= 11 is 6.10. The number of rotatable bonds is 11. The molecule has 0 aliphatic heterocycles. The van der Waals surface area contributed by atoms with Crippen molar-refractivity contribution >= 4 is 29.4 Å². The second-order valence-electron chi connectivity index (χ2n) is 8.05. The minimum Gasteiger partial charge on any atom is -0.463 e. The molecule has 0 bridgehead atoms. The SMILES string of the molecule is CCOC(=O)C=CC(=O)N[C@@H](CC(=O)OCc1ccccc1)Cc1ccc(-c2cccc(Cl)c2)cc1. The molecule has 36 heavy (non-hydrogen) atoms. The molecular formula is C29H28ClNO5. The van der Waals surface area contributed by atoms with Crippen LogP contribution in [0.4, 0.5) is 0 Å². The molecule has 1 N–H and O–H groups in total. The quantitative estimate of drug-likeness (QED) is 0.283. The van der Waals surface area contributed by atoms with Crippen molar-refractivity contribution in [2.24, 2.45) is 0 Å². The molecule has 186 valence electrons. The van der Waals surface area contributed by atoms with Gasteiger partial charge >= 0.3 is 11.9 Å². The maximum Gasteiger partial charge on any atom is 0.330 e. The lowest BCUT2D eigenvalue weighted by Crippen LogP contribution is -2.37. The number of ether oxygens (including phenoxy) is 2. The molecule has 0 spiro atoms. The lowest BCUT2D eigenvalue weighted by Gasteiger charge is -2.18. The molecule has 3 rings (SSSR count). The van der Waals surface area contributed by atoms with Gasteiger partial charge in [0.25, 0.3) is 0 Å². The third kappa shape index (κ3) is 9.04. The molecule has 0 heterocycles. The maximum atomic E-state index is 12.5. The van der Waals surface area contributed by atoms with E-state index in [1.54, 1.807) is 6.92 Å². The predicted octanol–water partition coefficient (Wildman–Crippen LogP) is 5.29. The van der Waals surface area contributed by atoms with Crippen molar-refractivity contribution in [3.05, 3.63) is 107 Å². The van der Waals surface area contributed by atoms with Crippen LogP contribution in [0.3, 0.4) is 0 Å². The molecule has 6 nitrogen and oxygen atoms in total. The molecule has 3 aromatic carbocycles. The monoisotopic (exact) mass is 505 g/mol. The van der Waals surface area contributed by atoms with Gasteiger partial charge in [-0.25, -0.2) is 4.79 Å². The molecule has 3 aromatic rings. The highest BCUT2D eigenvalue weighted by molar-refractivity contribution is 6.30. The molecule has 0 unspecified atom stereocenters. The first-order chi connectivity index (χ1) is 17.4. The van der Waals surface area contributed by atoms with Crippen molar-refractivity contribution in [2.45, 2.75) is 32.4 Å². The van der Waals surface area contributed by atoms with Gasteiger partial charge in [-0.3, -0.25) is 9.59 Å². The van der Waals surface area contributed by atoms with Gasteiger partial charge in [0, 0.05) is 23.2 Å². The topological polar surface area (TPSA) is 81.7 Å². The molecule has 0 aliphatic rings. The van der Waals surface area contributed by atoms with E-state index >= 15 is 0 Å². The summed E-state index contributed by atoms with van der Waals surface area (Å²) in [6.45, 7) is 2.05. The van der Waals surface area contributed by atoms with E-state index < -0.39 is 23.9 Å². The minimum absolute atomic E-state index is 0.0259. The Balaban J connectivity index is 1.67. The van der Waals surface area contributed by atoms with Crippen LogP contribution in [-0.4, -0.2) is 30.5 Å². The fourth-order valence-corrected chi connectivity index (χ4v) is 3.73. The summed E-state index contributed by atoms with van der Waals surface area (Å²) < 4.78 is 10.2. The predicted molar refractivity (Wildman–Crippen MR) is 139 cm³/mol. The lowest BCUT2D eigenvalue weighted by molar-refractivity contribution is -0.145. The normalized spacial score (nSPS) is 11.6. The molecule has 0 fully saturated rings. The van der Waals surface area contributed by atoms with Gasteiger partial charge in [-0.2, -0.15) is 0 Å². The Bertz CT molecular complexity index is 1190. The molecule has 1 amide bonds. The minimum atomic E-state index is -0.608. The summed E-state index contributed by atoms with van der Waals surface area (Å²) in [7, 11) is 0. The summed E-state index contributed by atoms with van der Waals surface area (Å²) in [5.74, 6) is -1.54. The van der Waals surface area contributed by atoms with Gasteiger partial charge in [0.1, 0.15) is 6.61 Å². The Morgan fingerprint density at radius 1 is 0.861 bits per heavy atom. The average Bonchev–Trinajstić information content (AvgIpc) is 2.87. The van der Waals surface area contributed by atoms with Crippen molar-refractivity contribution in [2.75, 3.05) is 6.61 Å². The molecular weight excluding hydrogens is 478 g/mol. The largest absolute Gasteiger partial charge is 0.463 e. The van der Waals surface area contributed by atoms with E-state index in [0.717, 1.165) is 34.4 Å². The van der Waals surface area contributed by atoms with E-state index in [1.165, 1.54) is 0 Å². The van der Waals surface area contributed by atoms with E-state index in [1.807, 2.05) is 78.9 Å². The average molecular weight is 506 g/mol. The second kappa shape index (κ2) is 13.9. The first-order valence-electron chi connectivity index (χ1n) is 11.6. The van der Waals surface area contributed by atoms with Gasteiger partial charge in [0.05, 0.1) is 13.0 Å². The van der Waals surface area contributed by atoms with Crippen LogP contribution in [0.1, 0.15) is 24.5 Å². The van der Waals surface area contributed by atoms with Crippen LogP contribution in [-0.2, 0) is 36.9 Å². The highest BCUT2D eigenvalue weighted by atomic mass is 35.5. The number of nitrogens with one attached hydrogen (secondary N) is 1. The van der Waals surface area contributed by atoms with E-state index in [9.17, 15) is 14.4 Å². The van der Waals surface area contributed by atoms with Crippen LogP contribution in [0, 0.1) is 0 Å². The van der Waals surface area contributed by atoms with Crippen molar-refractivity contribution in [3.8, 4) is 11.1 Å². The number of hydrogen-bond donors (Lipinski definition) is 1. The van der Waals surface area contributed by atoms with Gasteiger partial charge in [-0.1, -0.05) is 78.3 Å². The first kappa shape index (κ1) is 26.7. The standard InChI is InChI=1S/C29H28ClNO5/c1-2-35-28(33)16-15-27(32)31-26(19-29(34)36-20-22-7-4-3-5-8-22)17-21-11-13-23(14-12-21)24-9-6-10-25(30)18-24/h3-16,18,26H,2,17,19-20H2,1H3,(H,31,32)/t26-/m1/s1. The second-order valence-corrected chi connectivity index (χ2v) is 8.49. The summed E-state index contributed by atoms with van der Waals surface area (Å²) in [4.78, 5) is 36.5. The molecule has 0 radical (unpaired) electrons. The van der Waals surface area contributed by atoms with Crippen LogP contribution in [0.15, 0.2) is 91.0 Å². The third-order valence-corrected chi connectivity index (χ3v) is 5.49. The molecule has 0 aliphatic carbocycles. The smallest absolute Gasteiger partial charge is 0.330 e. The van der Waals surface area contributed by atoms with Gasteiger partial charge in [0.2, 0.25) is 5.91 Å². The Morgan fingerprint density at radius 3 is 2.31 bits per heavy atom. The molecule has 7 heteroatoms. The Kier molecular flexibility index (Phi) is 10.3.